The molecule has 142 valence electrons. The van der Waals surface area contributed by atoms with Crippen LogP contribution in [0.3, 0.4) is 0 Å². The third kappa shape index (κ3) is 4.69. The Hall–Kier alpha value is -2.34. The third-order valence-corrected chi connectivity index (χ3v) is 5.41. The van der Waals surface area contributed by atoms with E-state index in [-0.39, 0.29) is 41.4 Å². The van der Waals surface area contributed by atoms with Gasteiger partial charge >= 0.3 is 0 Å². The van der Waals surface area contributed by atoms with Gasteiger partial charge in [0, 0.05) is 23.1 Å². The summed E-state index contributed by atoms with van der Waals surface area (Å²) in [6, 6.07) is 13.5. The summed E-state index contributed by atoms with van der Waals surface area (Å²) in [5.41, 5.74) is 0.315. The summed E-state index contributed by atoms with van der Waals surface area (Å²) in [5.74, 6) is -0.307. The Labute approximate surface area is 163 Å². The Morgan fingerprint density at radius 2 is 1.85 bits per heavy atom. The highest BCUT2D eigenvalue weighted by atomic mass is 32.2. The number of carbonyl (C=O) groups is 3. The topological polar surface area (TPSA) is 66.5 Å². The molecule has 27 heavy (non-hydrogen) atoms. The van der Waals surface area contributed by atoms with Crippen LogP contribution in [-0.4, -0.2) is 34.8 Å². The fourth-order valence-electron chi connectivity index (χ4n) is 3.22. The summed E-state index contributed by atoms with van der Waals surface area (Å²) >= 11 is 1.19. The van der Waals surface area contributed by atoms with Gasteiger partial charge in [-0.05, 0) is 32.2 Å². The molecule has 0 bridgehead atoms. The van der Waals surface area contributed by atoms with Crippen molar-refractivity contribution in [3.63, 3.8) is 0 Å². The van der Waals surface area contributed by atoms with E-state index in [0.717, 1.165) is 10.8 Å². The minimum absolute atomic E-state index is 0.0327. The van der Waals surface area contributed by atoms with Crippen LogP contribution in [0.2, 0.25) is 0 Å². The van der Waals surface area contributed by atoms with Crippen molar-refractivity contribution in [3.05, 3.63) is 42.5 Å². The van der Waals surface area contributed by atoms with E-state index in [1.165, 1.54) is 16.7 Å². The second-order valence-electron chi connectivity index (χ2n) is 7.80. The highest BCUT2D eigenvalue weighted by molar-refractivity contribution is 8.14. The fraction of sp³-hybridized carbons (Fsp3) is 0.381. The van der Waals surface area contributed by atoms with Crippen molar-refractivity contribution < 1.29 is 14.4 Å². The molecule has 2 aromatic rings. The van der Waals surface area contributed by atoms with Gasteiger partial charge in [0.15, 0.2) is 5.12 Å². The Morgan fingerprint density at radius 3 is 2.52 bits per heavy atom. The highest BCUT2D eigenvalue weighted by Gasteiger charge is 2.34. The lowest BCUT2D eigenvalue weighted by molar-refractivity contribution is -0.126. The number of nitrogens with one attached hydrogen (secondary N) is 1. The molecule has 0 saturated carbocycles. The molecule has 1 N–H and O–H groups in total. The van der Waals surface area contributed by atoms with Gasteiger partial charge in [-0.1, -0.05) is 48.2 Å². The van der Waals surface area contributed by atoms with Crippen LogP contribution in [0.1, 0.15) is 27.2 Å². The van der Waals surface area contributed by atoms with Crippen LogP contribution < -0.4 is 10.2 Å². The van der Waals surface area contributed by atoms with E-state index >= 15 is 0 Å². The monoisotopic (exact) mass is 384 g/mol. The third-order valence-electron chi connectivity index (χ3n) is 4.35. The summed E-state index contributed by atoms with van der Waals surface area (Å²) in [7, 11) is 0. The zero-order valence-electron chi connectivity index (χ0n) is 15.8. The number of nitrogens with zero attached hydrogens (tertiary/aromatic N) is 1. The molecular formula is C21H24N2O3S. The lowest BCUT2D eigenvalue weighted by Gasteiger charge is -2.28. The van der Waals surface area contributed by atoms with Gasteiger partial charge in [-0.3, -0.25) is 14.4 Å². The number of hydrogen-bond acceptors (Lipinski definition) is 4. The molecule has 0 radical (unpaired) electrons. The van der Waals surface area contributed by atoms with Crippen LogP contribution in [0.5, 0.6) is 0 Å². The summed E-state index contributed by atoms with van der Waals surface area (Å²) < 4.78 is 0. The maximum Gasteiger partial charge on any atom is 0.240 e. The predicted molar refractivity (Wildman–Crippen MR) is 110 cm³/mol. The molecule has 2 amide bonds. The molecule has 2 aromatic carbocycles. The highest BCUT2D eigenvalue weighted by Crippen LogP contribution is 2.32. The molecule has 1 aliphatic heterocycles. The van der Waals surface area contributed by atoms with Crippen molar-refractivity contribution >= 4 is 45.2 Å². The van der Waals surface area contributed by atoms with Crippen LogP contribution in [-0.2, 0) is 14.4 Å². The van der Waals surface area contributed by atoms with Crippen LogP contribution in [0.15, 0.2) is 42.5 Å². The first-order chi connectivity index (χ1) is 12.7. The lowest BCUT2D eigenvalue weighted by Crippen LogP contribution is -2.48. The summed E-state index contributed by atoms with van der Waals surface area (Å²) in [5, 5.41) is 4.86. The van der Waals surface area contributed by atoms with Crippen molar-refractivity contribution in [3.8, 4) is 0 Å². The van der Waals surface area contributed by atoms with Gasteiger partial charge in [-0.25, -0.2) is 0 Å². The lowest BCUT2D eigenvalue weighted by atomic mass is 10.0. The van der Waals surface area contributed by atoms with Gasteiger partial charge < -0.3 is 10.2 Å². The van der Waals surface area contributed by atoms with Gasteiger partial charge in [0.25, 0.3) is 0 Å². The molecule has 0 aliphatic carbocycles. The number of carbonyl (C=O) groups excluding carboxylic acids is 3. The van der Waals surface area contributed by atoms with Crippen molar-refractivity contribution in [1.82, 2.24) is 5.32 Å². The number of benzene rings is 2. The quantitative estimate of drug-likeness (QED) is 0.878. The zero-order valence-corrected chi connectivity index (χ0v) is 16.6. The molecule has 5 nitrogen and oxygen atoms in total. The molecular weight excluding hydrogens is 360 g/mol. The number of thioether (sulfide) groups is 1. The smallest absolute Gasteiger partial charge is 0.240 e. The summed E-state index contributed by atoms with van der Waals surface area (Å²) in [4.78, 5) is 39.0. The van der Waals surface area contributed by atoms with E-state index in [9.17, 15) is 14.4 Å². The zero-order chi connectivity index (χ0) is 19.6. The van der Waals surface area contributed by atoms with E-state index in [1.807, 2.05) is 63.2 Å². The van der Waals surface area contributed by atoms with Gasteiger partial charge in [0.05, 0.1) is 11.6 Å². The van der Waals surface area contributed by atoms with Crippen molar-refractivity contribution in [2.75, 3.05) is 17.2 Å². The molecule has 0 unspecified atom stereocenters. The van der Waals surface area contributed by atoms with Gasteiger partial charge in [-0.2, -0.15) is 0 Å². The van der Waals surface area contributed by atoms with Crippen molar-refractivity contribution in [2.24, 2.45) is 5.92 Å². The van der Waals surface area contributed by atoms with Gasteiger partial charge in [0.1, 0.15) is 6.54 Å². The van der Waals surface area contributed by atoms with E-state index in [2.05, 4.69) is 5.32 Å². The number of anilines is 1. The molecule has 1 aliphatic rings. The van der Waals surface area contributed by atoms with E-state index in [0.29, 0.717) is 11.4 Å². The first-order valence-electron chi connectivity index (χ1n) is 9.00. The largest absolute Gasteiger partial charge is 0.350 e. The van der Waals surface area contributed by atoms with Crippen LogP contribution in [0.25, 0.3) is 10.8 Å². The number of fused-ring (bicyclic) bond motifs is 1. The van der Waals surface area contributed by atoms with E-state index in [4.69, 9.17) is 0 Å². The molecule has 0 aromatic heterocycles. The Morgan fingerprint density at radius 1 is 1.15 bits per heavy atom. The number of rotatable bonds is 4. The van der Waals surface area contributed by atoms with Crippen molar-refractivity contribution in [2.45, 2.75) is 32.7 Å². The number of amides is 2. The van der Waals surface area contributed by atoms with Crippen molar-refractivity contribution in [1.29, 1.82) is 0 Å². The summed E-state index contributed by atoms with van der Waals surface area (Å²) in [6.45, 7) is 5.64. The van der Waals surface area contributed by atoms with E-state index < -0.39 is 0 Å². The second kappa shape index (κ2) is 7.72. The standard InChI is InChI=1S/C21H24N2O3S/c1-21(2,3)22-18(24)12-23(20(26)15-11-19(25)27-13-15)17-10-6-8-14-7-4-5-9-16(14)17/h4-10,15H,11-13H2,1-3H3,(H,22,24)/t15-/m1/s1. The maximum absolute atomic E-state index is 13.2. The van der Waals surface area contributed by atoms with Crippen LogP contribution in [0, 0.1) is 5.92 Å². The Kier molecular flexibility index (Phi) is 5.56. The SMILES string of the molecule is CC(C)(C)NC(=O)CN(C(=O)[C@H]1CSC(=O)C1)c1cccc2ccccc12. The molecule has 1 saturated heterocycles. The molecule has 1 heterocycles. The van der Waals surface area contributed by atoms with E-state index in [1.54, 1.807) is 0 Å². The normalized spacial score (nSPS) is 17.1. The Balaban J connectivity index is 1.97. The van der Waals surface area contributed by atoms with Gasteiger partial charge in [-0.15, -0.1) is 0 Å². The minimum atomic E-state index is -0.385. The molecule has 3 rings (SSSR count). The average Bonchev–Trinajstić information content (AvgIpc) is 3.03. The molecule has 1 fully saturated rings. The fourth-order valence-corrected chi connectivity index (χ4v) is 4.18. The maximum atomic E-state index is 13.2. The number of hydrogen-bond donors (Lipinski definition) is 1. The van der Waals surface area contributed by atoms with Gasteiger partial charge in [0.2, 0.25) is 11.8 Å². The summed E-state index contributed by atoms with van der Waals surface area (Å²) in [6.07, 6.45) is 0.228. The average molecular weight is 385 g/mol. The second-order valence-corrected chi connectivity index (χ2v) is 8.88. The molecule has 6 heteroatoms. The minimum Gasteiger partial charge on any atom is -0.350 e. The first kappa shape index (κ1) is 19.4. The molecule has 0 spiro atoms. The molecule has 1 atom stereocenters. The van der Waals surface area contributed by atoms with Crippen LogP contribution in [0.4, 0.5) is 5.69 Å². The predicted octanol–water partition coefficient (Wildman–Crippen LogP) is 3.37. The van der Waals surface area contributed by atoms with Crippen LogP contribution >= 0.6 is 11.8 Å². The first-order valence-corrected chi connectivity index (χ1v) is 9.99. The Bertz CT molecular complexity index is 883.